The first-order chi connectivity index (χ1) is 8.69. The van der Waals surface area contributed by atoms with Gasteiger partial charge in [0.05, 0.1) is 0 Å². The van der Waals surface area contributed by atoms with E-state index in [9.17, 15) is 4.79 Å². The molecule has 1 aromatic carbocycles. The quantitative estimate of drug-likeness (QED) is 0.853. The van der Waals surface area contributed by atoms with Crippen LogP contribution in [0.15, 0.2) is 24.3 Å². The van der Waals surface area contributed by atoms with E-state index in [1.807, 2.05) is 7.05 Å². The van der Waals surface area contributed by atoms with Gasteiger partial charge in [-0.05, 0) is 17.7 Å². The van der Waals surface area contributed by atoms with Gasteiger partial charge in [-0.25, -0.2) is 4.79 Å². The van der Waals surface area contributed by atoms with Gasteiger partial charge >= 0.3 is 6.09 Å². The van der Waals surface area contributed by atoms with Gasteiger partial charge in [-0.15, -0.1) is 0 Å². The molecule has 1 aliphatic heterocycles. The molecule has 0 unspecified atom stereocenters. The lowest BCUT2D eigenvalue weighted by Crippen LogP contribution is -2.47. The number of amides is 1. The van der Waals surface area contributed by atoms with Crippen LogP contribution in [0.3, 0.4) is 0 Å². The van der Waals surface area contributed by atoms with Gasteiger partial charge in [0.1, 0.15) is 0 Å². The summed E-state index contributed by atoms with van der Waals surface area (Å²) in [4.78, 5) is 14.5. The van der Waals surface area contributed by atoms with E-state index in [0.717, 1.165) is 25.3 Å². The molecule has 0 spiro atoms. The predicted molar refractivity (Wildman–Crippen MR) is 70.9 cm³/mol. The number of carbonyl (C=O) groups is 1. The molecule has 0 aromatic heterocycles. The van der Waals surface area contributed by atoms with Crippen LogP contribution in [0.1, 0.15) is 5.56 Å². The maximum Gasteiger partial charge on any atom is 0.407 e. The van der Waals surface area contributed by atoms with E-state index in [1.165, 1.54) is 10.5 Å². The maximum absolute atomic E-state index is 10.8. The molecule has 0 atom stereocenters. The molecule has 5 nitrogen and oxygen atoms in total. The number of hydrogen-bond acceptors (Lipinski definition) is 3. The minimum atomic E-state index is -0.812. The van der Waals surface area contributed by atoms with Crippen molar-refractivity contribution >= 4 is 11.8 Å². The fourth-order valence-electron chi connectivity index (χ4n) is 2.13. The van der Waals surface area contributed by atoms with Crippen LogP contribution in [0.2, 0.25) is 0 Å². The number of nitrogens with one attached hydrogen (secondary N) is 1. The molecule has 0 radical (unpaired) electrons. The lowest BCUT2D eigenvalue weighted by molar-refractivity contribution is 0.103. The first-order valence-corrected chi connectivity index (χ1v) is 6.16. The predicted octanol–water partition coefficient (Wildman–Crippen LogP) is 1.52. The van der Waals surface area contributed by atoms with Gasteiger partial charge in [-0.1, -0.05) is 12.1 Å². The van der Waals surface area contributed by atoms with E-state index >= 15 is 0 Å². The maximum atomic E-state index is 10.8. The Kier molecular flexibility index (Phi) is 4.04. The summed E-state index contributed by atoms with van der Waals surface area (Å²) < 4.78 is 0. The van der Waals surface area contributed by atoms with Gasteiger partial charge in [-0.3, -0.25) is 4.90 Å². The smallest absolute Gasteiger partial charge is 0.407 e. The SMILES string of the molecule is CNc1ccc(CN2CCN(C(=O)O)CC2)cc1. The van der Waals surface area contributed by atoms with Crippen molar-refractivity contribution in [3.8, 4) is 0 Å². The molecular formula is C13H19N3O2. The summed E-state index contributed by atoms with van der Waals surface area (Å²) >= 11 is 0. The van der Waals surface area contributed by atoms with Crippen LogP contribution >= 0.6 is 0 Å². The minimum Gasteiger partial charge on any atom is -0.465 e. The Balaban J connectivity index is 1.85. The zero-order chi connectivity index (χ0) is 13.0. The topological polar surface area (TPSA) is 55.8 Å². The summed E-state index contributed by atoms with van der Waals surface area (Å²) in [7, 11) is 1.90. The van der Waals surface area contributed by atoms with Crippen molar-refractivity contribution < 1.29 is 9.90 Å². The molecule has 0 saturated carbocycles. The summed E-state index contributed by atoms with van der Waals surface area (Å²) in [6, 6.07) is 8.33. The van der Waals surface area contributed by atoms with Crippen molar-refractivity contribution in [3.05, 3.63) is 29.8 Å². The number of nitrogens with zero attached hydrogens (tertiary/aromatic N) is 2. The van der Waals surface area contributed by atoms with Crippen LogP contribution in [0.5, 0.6) is 0 Å². The standard InChI is InChI=1S/C13H19N3O2/c1-14-12-4-2-11(3-5-12)10-15-6-8-16(9-7-15)13(17)18/h2-5,14H,6-10H2,1H3,(H,17,18). The number of carboxylic acid groups (broad SMARTS) is 1. The largest absolute Gasteiger partial charge is 0.465 e. The summed E-state index contributed by atoms with van der Waals surface area (Å²) in [5, 5.41) is 12.0. The van der Waals surface area contributed by atoms with Gasteiger partial charge < -0.3 is 15.3 Å². The molecule has 1 saturated heterocycles. The average molecular weight is 249 g/mol. The number of rotatable bonds is 3. The molecule has 1 heterocycles. The molecule has 2 N–H and O–H groups in total. The van der Waals surface area contributed by atoms with E-state index in [0.29, 0.717) is 13.1 Å². The van der Waals surface area contributed by atoms with Gasteiger partial charge in [0.15, 0.2) is 0 Å². The molecule has 2 rings (SSSR count). The van der Waals surface area contributed by atoms with Gasteiger partial charge in [0.2, 0.25) is 0 Å². The van der Waals surface area contributed by atoms with Gasteiger partial charge in [0.25, 0.3) is 0 Å². The van der Waals surface area contributed by atoms with E-state index in [4.69, 9.17) is 5.11 Å². The van der Waals surface area contributed by atoms with Crippen molar-refractivity contribution in [2.24, 2.45) is 0 Å². The molecule has 18 heavy (non-hydrogen) atoms. The second kappa shape index (κ2) is 5.73. The fourth-order valence-corrected chi connectivity index (χ4v) is 2.13. The summed E-state index contributed by atoms with van der Waals surface area (Å²) in [6.45, 7) is 3.70. The van der Waals surface area contributed by atoms with Gasteiger partial charge in [-0.2, -0.15) is 0 Å². The Bertz CT molecular complexity index is 397. The lowest BCUT2D eigenvalue weighted by atomic mass is 10.2. The van der Waals surface area contributed by atoms with Crippen molar-refractivity contribution in [3.63, 3.8) is 0 Å². The molecule has 98 valence electrons. The van der Waals surface area contributed by atoms with Crippen LogP contribution in [-0.2, 0) is 6.54 Å². The Labute approximate surface area is 107 Å². The zero-order valence-corrected chi connectivity index (χ0v) is 10.6. The Hall–Kier alpha value is -1.75. The number of hydrogen-bond donors (Lipinski definition) is 2. The van der Waals surface area contributed by atoms with Crippen molar-refractivity contribution in [2.75, 3.05) is 38.5 Å². The van der Waals surface area contributed by atoms with E-state index in [1.54, 1.807) is 0 Å². The fraction of sp³-hybridized carbons (Fsp3) is 0.462. The third kappa shape index (κ3) is 3.13. The summed E-state index contributed by atoms with van der Waals surface area (Å²) in [5.41, 5.74) is 2.37. The third-order valence-electron chi connectivity index (χ3n) is 3.29. The highest BCUT2D eigenvalue weighted by molar-refractivity contribution is 5.65. The number of benzene rings is 1. The van der Waals surface area contributed by atoms with E-state index in [-0.39, 0.29) is 0 Å². The molecule has 1 fully saturated rings. The van der Waals surface area contributed by atoms with Crippen LogP contribution in [-0.4, -0.2) is 54.2 Å². The van der Waals surface area contributed by atoms with Crippen molar-refractivity contribution in [1.82, 2.24) is 9.80 Å². The highest BCUT2D eigenvalue weighted by atomic mass is 16.4. The summed E-state index contributed by atoms with van der Waals surface area (Å²) in [6.07, 6.45) is -0.812. The molecule has 1 aromatic rings. The highest BCUT2D eigenvalue weighted by Crippen LogP contribution is 2.12. The molecule has 0 aliphatic carbocycles. The number of piperazine rings is 1. The van der Waals surface area contributed by atoms with Crippen LogP contribution < -0.4 is 5.32 Å². The van der Waals surface area contributed by atoms with Crippen LogP contribution in [0.25, 0.3) is 0 Å². The van der Waals surface area contributed by atoms with Crippen molar-refractivity contribution in [2.45, 2.75) is 6.54 Å². The monoisotopic (exact) mass is 249 g/mol. The zero-order valence-electron chi connectivity index (χ0n) is 10.6. The average Bonchev–Trinajstić information content (AvgIpc) is 2.40. The lowest BCUT2D eigenvalue weighted by Gasteiger charge is -2.33. The van der Waals surface area contributed by atoms with Gasteiger partial charge in [0, 0.05) is 45.5 Å². The Morgan fingerprint density at radius 3 is 2.33 bits per heavy atom. The van der Waals surface area contributed by atoms with Crippen molar-refractivity contribution in [1.29, 1.82) is 0 Å². The Morgan fingerprint density at radius 2 is 1.83 bits per heavy atom. The number of anilines is 1. The second-order valence-electron chi connectivity index (χ2n) is 4.49. The Morgan fingerprint density at radius 1 is 1.22 bits per heavy atom. The summed E-state index contributed by atoms with van der Waals surface area (Å²) in [5.74, 6) is 0. The van der Waals surface area contributed by atoms with Crippen LogP contribution in [0, 0.1) is 0 Å². The van der Waals surface area contributed by atoms with E-state index in [2.05, 4.69) is 34.5 Å². The highest BCUT2D eigenvalue weighted by Gasteiger charge is 2.19. The first kappa shape index (κ1) is 12.7. The first-order valence-electron chi connectivity index (χ1n) is 6.16. The minimum absolute atomic E-state index is 0.601. The molecule has 1 amide bonds. The molecular weight excluding hydrogens is 230 g/mol. The normalized spacial score (nSPS) is 16.6. The van der Waals surface area contributed by atoms with E-state index < -0.39 is 6.09 Å². The third-order valence-corrected chi connectivity index (χ3v) is 3.29. The molecule has 1 aliphatic rings. The second-order valence-corrected chi connectivity index (χ2v) is 4.49. The molecule has 0 bridgehead atoms. The van der Waals surface area contributed by atoms with Crippen LogP contribution in [0.4, 0.5) is 10.5 Å². The molecule has 5 heteroatoms.